The largest absolute Gasteiger partial charge is 0.0758 e. The van der Waals surface area contributed by atoms with E-state index in [9.17, 15) is 0 Å². The van der Waals surface area contributed by atoms with Crippen molar-refractivity contribution < 1.29 is 0 Å². The smallest absolute Gasteiger partial charge is 0.0159 e. The second-order valence-electron chi connectivity index (χ2n) is 18.9. The standard InChI is InChI=1S/C56H48/c1-54(2,3)38-29-36-20-19-33-21-27-46(45-28-24-37(30-38)51(36)52(33)45)53-39(34-22-25-43-41-13-8-10-17-47(41)55(4,5)49(43)31-34)15-12-16-40(53)35-23-26-44-42-14-9-11-18-48(42)56(6,7)50(44)32-35/h8-32,43,49H,1-7H3. The van der Waals surface area contributed by atoms with Crippen LogP contribution < -0.4 is 0 Å². The van der Waals surface area contributed by atoms with Crippen LogP contribution in [-0.2, 0) is 16.2 Å². The Morgan fingerprint density at radius 3 is 1.96 bits per heavy atom. The first-order valence-electron chi connectivity index (χ1n) is 20.5. The van der Waals surface area contributed by atoms with Crippen LogP contribution in [0.4, 0.5) is 0 Å². The van der Waals surface area contributed by atoms with Crippen LogP contribution in [0, 0.1) is 5.92 Å². The lowest BCUT2D eigenvalue weighted by molar-refractivity contribution is 0.395. The Labute approximate surface area is 331 Å². The highest BCUT2D eigenvalue weighted by Gasteiger charge is 2.45. The Kier molecular flexibility index (Phi) is 6.85. The van der Waals surface area contributed by atoms with E-state index in [1.807, 2.05) is 0 Å². The maximum Gasteiger partial charge on any atom is 0.0159 e. The Morgan fingerprint density at radius 1 is 0.518 bits per heavy atom. The quantitative estimate of drug-likeness (QED) is 0.159. The van der Waals surface area contributed by atoms with Gasteiger partial charge >= 0.3 is 0 Å². The van der Waals surface area contributed by atoms with Gasteiger partial charge in [-0.25, -0.2) is 0 Å². The van der Waals surface area contributed by atoms with Crippen molar-refractivity contribution in [3.05, 3.63) is 185 Å². The fourth-order valence-corrected chi connectivity index (χ4v) is 11.0. The highest BCUT2D eigenvalue weighted by atomic mass is 14.5. The van der Waals surface area contributed by atoms with Gasteiger partial charge in [0.15, 0.2) is 0 Å². The summed E-state index contributed by atoms with van der Waals surface area (Å²) < 4.78 is 0. The van der Waals surface area contributed by atoms with Crippen LogP contribution in [0.15, 0.2) is 152 Å². The van der Waals surface area contributed by atoms with Gasteiger partial charge in [-0.15, -0.1) is 0 Å². The molecule has 0 saturated heterocycles. The third-order valence-electron chi connectivity index (χ3n) is 14.1. The van der Waals surface area contributed by atoms with Crippen LogP contribution in [0.25, 0.3) is 71.3 Å². The van der Waals surface area contributed by atoms with E-state index in [1.165, 1.54) is 105 Å². The minimum Gasteiger partial charge on any atom is -0.0758 e. The summed E-state index contributed by atoms with van der Waals surface area (Å²) in [4.78, 5) is 0. The summed E-state index contributed by atoms with van der Waals surface area (Å²) in [5, 5.41) is 8.00. The van der Waals surface area contributed by atoms with Gasteiger partial charge in [-0.2, -0.15) is 0 Å². The molecule has 0 aliphatic heterocycles. The molecule has 2 unspecified atom stereocenters. The Bertz CT molecular complexity index is 2990. The number of rotatable bonds is 3. The fourth-order valence-electron chi connectivity index (χ4n) is 11.0. The van der Waals surface area contributed by atoms with E-state index < -0.39 is 0 Å². The summed E-state index contributed by atoms with van der Waals surface area (Å²) in [5.74, 6) is 0.777. The van der Waals surface area contributed by atoms with Crippen LogP contribution in [0.5, 0.6) is 0 Å². The Balaban J connectivity index is 1.17. The number of allylic oxidation sites excluding steroid dienone is 4. The molecule has 0 bridgehead atoms. The van der Waals surface area contributed by atoms with Crippen molar-refractivity contribution in [3.8, 4) is 33.4 Å². The summed E-state index contributed by atoms with van der Waals surface area (Å²) in [7, 11) is 0. The summed E-state index contributed by atoms with van der Waals surface area (Å²) in [6.07, 6.45) is 7.53. The molecule has 0 heteroatoms. The second kappa shape index (κ2) is 11.4. The number of benzene rings is 8. The third-order valence-corrected chi connectivity index (χ3v) is 14.1. The highest BCUT2D eigenvalue weighted by Crippen LogP contribution is 2.56. The molecule has 8 aromatic carbocycles. The highest BCUT2D eigenvalue weighted by molar-refractivity contribution is 6.26. The van der Waals surface area contributed by atoms with Crippen LogP contribution in [0.3, 0.4) is 0 Å². The minimum absolute atomic E-state index is 0.0362. The maximum absolute atomic E-state index is 2.61. The topological polar surface area (TPSA) is 0 Å². The molecule has 0 heterocycles. The van der Waals surface area contributed by atoms with Gasteiger partial charge in [-0.05, 0) is 127 Å². The van der Waals surface area contributed by atoms with Gasteiger partial charge in [-0.3, -0.25) is 0 Å². The second-order valence-corrected chi connectivity index (χ2v) is 18.9. The van der Waals surface area contributed by atoms with E-state index in [-0.39, 0.29) is 16.2 Å². The molecule has 0 nitrogen and oxygen atoms in total. The van der Waals surface area contributed by atoms with Crippen molar-refractivity contribution in [1.29, 1.82) is 0 Å². The first-order chi connectivity index (χ1) is 26.9. The summed E-state index contributed by atoms with van der Waals surface area (Å²) in [5.41, 5.74) is 17.7. The molecule has 0 aromatic heterocycles. The van der Waals surface area contributed by atoms with Gasteiger partial charge in [0.1, 0.15) is 0 Å². The normalized spacial score (nSPS) is 18.9. The zero-order valence-corrected chi connectivity index (χ0v) is 33.6. The minimum atomic E-state index is -0.0780. The van der Waals surface area contributed by atoms with Gasteiger partial charge in [0.05, 0.1) is 0 Å². The van der Waals surface area contributed by atoms with E-state index >= 15 is 0 Å². The van der Waals surface area contributed by atoms with Crippen LogP contribution in [0.1, 0.15) is 87.8 Å². The summed E-state index contributed by atoms with van der Waals surface area (Å²) in [6.45, 7) is 16.6. The first-order valence-corrected chi connectivity index (χ1v) is 20.5. The van der Waals surface area contributed by atoms with Crippen molar-refractivity contribution in [1.82, 2.24) is 0 Å². The molecule has 2 atom stereocenters. The van der Waals surface area contributed by atoms with Crippen LogP contribution >= 0.6 is 0 Å². The molecule has 0 amide bonds. The number of hydrogen-bond acceptors (Lipinski definition) is 0. The molecule has 3 aliphatic carbocycles. The molecule has 0 spiro atoms. The lowest BCUT2D eigenvalue weighted by atomic mass is 9.72. The first kappa shape index (κ1) is 33.6. The summed E-state index contributed by atoms with van der Waals surface area (Å²) >= 11 is 0. The molecule has 8 aromatic rings. The maximum atomic E-state index is 2.61. The monoisotopic (exact) mass is 720 g/mol. The lowest BCUT2D eigenvalue weighted by Gasteiger charge is -2.31. The molecular formula is C56H48. The van der Waals surface area contributed by atoms with Crippen molar-refractivity contribution in [2.75, 3.05) is 0 Å². The van der Waals surface area contributed by atoms with Gasteiger partial charge in [-0.1, -0.05) is 194 Å². The molecule has 0 fully saturated rings. The molecule has 3 aliphatic rings. The number of fused-ring (bicyclic) bond motifs is 6. The predicted octanol–water partition coefficient (Wildman–Crippen LogP) is 15.2. The van der Waals surface area contributed by atoms with Crippen LogP contribution in [-0.4, -0.2) is 0 Å². The summed E-state index contributed by atoms with van der Waals surface area (Å²) in [6, 6.07) is 51.5. The Hall–Kier alpha value is -5.72. The van der Waals surface area contributed by atoms with Gasteiger partial charge < -0.3 is 0 Å². The average molecular weight is 721 g/mol. The zero-order valence-electron chi connectivity index (χ0n) is 33.6. The average Bonchev–Trinajstić information content (AvgIpc) is 3.58. The zero-order chi connectivity index (χ0) is 38.3. The SMILES string of the molecule is CC(C)(C)c1cc2ccc3ccc(-c4c(C5=CC6C(C=C5)c5ccccc5C6(C)C)cccc4-c4ccc5c(c4)C(C)(C)c4ccccc4-5)c4ccc(c1)c2c34. The molecule has 0 saturated carbocycles. The molecule has 0 radical (unpaired) electrons. The number of hydrogen-bond donors (Lipinski definition) is 0. The fraction of sp³-hybridized carbons (Fsp3) is 0.214. The molecule has 11 rings (SSSR count). The lowest BCUT2D eigenvalue weighted by Crippen LogP contribution is -2.25. The van der Waals surface area contributed by atoms with Crippen LogP contribution in [0.2, 0.25) is 0 Å². The van der Waals surface area contributed by atoms with E-state index in [0.29, 0.717) is 11.8 Å². The van der Waals surface area contributed by atoms with Crippen molar-refractivity contribution in [3.63, 3.8) is 0 Å². The van der Waals surface area contributed by atoms with E-state index in [1.54, 1.807) is 0 Å². The van der Waals surface area contributed by atoms with Gasteiger partial charge in [0.2, 0.25) is 0 Å². The Morgan fingerprint density at radius 2 is 1.16 bits per heavy atom. The molecule has 0 N–H and O–H groups in total. The van der Waals surface area contributed by atoms with Crippen molar-refractivity contribution >= 4 is 37.9 Å². The predicted molar refractivity (Wildman–Crippen MR) is 240 cm³/mol. The van der Waals surface area contributed by atoms with E-state index in [4.69, 9.17) is 0 Å². The molecule has 56 heavy (non-hydrogen) atoms. The third kappa shape index (κ3) is 4.59. The van der Waals surface area contributed by atoms with E-state index in [0.717, 1.165) is 0 Å². The van der Waals surface area contributed by atoms with Gasteiger partial charge in [0, 0.05) is 11.3 Å². The van der Waals surface area contributed by atoms with Crippen molar-refractivity contribution in [2.24, 2.45) is 5.92 Å². The van der Waals surface area contributed by atoms with Crippen molar-refractivity contribution in [2.45, 2.75) is 70.6 Å². The molecular weight excluding hydrogens is 673 g/mol. The molecule has 272 valence electrons. The van der Waals surface area contributed by atoms with E-state index in [2.05, 4.69) is 200 Å². The van der Waals surface area contributed by atoms with Gasteiger partial charge in [0.25, 0.3) is 0 Å².